The lowest BCUT2D eigenvalue weighted by molar-refractivity contribution is -0.144. The van der Waals surface area contributed by atoms with Gasteiger partial charge in [-0.15, -0.1) is 0 Å². The average molecular weight is 323 g/mol. The van der Waals surface area contributed by atoms with Crippen LogP contribution in [0.5, 0.6) is 0 Å². The number of nitrogens with zero attached hydrogens (tertiary/aromatic N) is 1. The van der Waals surface area contributed by atoms with Crippen LogP contribution in [-0.2, 0) is 14.3 Å². The number of nitrogens with one attached hydrogen (secondary N) is 2. The van der Waals surface area contributed by atoms with Crippen LogP contribution in [0.2, 0.25) is 0 Å². The summed E-state index contributed by atoms with van der Waals surface area (Å²) in [4.78, 5) is 24.6. The molecule has 0 radical (unpaired) electrons. The minimum absolute atomic E-state index is 0.120. The van der Waals surface area contributed by atoms with E-state index in [9.17, 15) is 9.59 Å². The second kappa shape index (κ2) is 5.06. The van der Waals surface area contributed by atoms with Crippen LogP contribution < -0.4 is 5.32 Å². The van der Waals surface area contributed by atoms with Gasteiger partial charge in [-0.05, 0) is 19.4 Å². The van der Waals surface area contributed by atoms with Crippen molar-refractivity contribution in [1.29, 1.82) is 0 Å². The van der Waals surface area contributed by atoms with Gasteiger partial charge in [0.2, 0.25) is 5.91 Å². The Hall–Kier alpha value is -2.89. The normalized spacial score (nSPS) is 22.2. The van der Waals surface area contributed by atoms with Crippen LogP contribution in [0.4, 0.5) is 0 Å². The molecule has 0 unspecified atom stereocenters. The number of carbonyl (C=O) groups is 2. The summed E-state index contributed by atoms with van der Waals surface area (Å²) < 4.78 is 5.46. The molecule has 122 valence electrons. The monoisotopic (exact) mass is 323 g/mol. The van der Waals surface area contributed by atoms with E-state index in [0.717, 1.165) is 16.8 Å². The van der Waals surface area contributed by atoms with Crippen LogP contribution in [0.3, 0.4) is 0 Å². The van der Waals surface area contributed by atoms with Gasteiger partial charge < -0.3 is 10.1 Å². The van der Waals surface area contributed by atoms with Gasteiger partial charge in [-0.3, -0.25) is 9.89 Å². The number of amides is 1. The van der Waals surface area contributed by atoms with Crippen molar-refractivity contribution in [2.45, 2.75) is 31.8 Å². The van der Waals surface area contributed by atoms with Gasteiger partial charge in [-0.25, -0.2) is 4.79 Å². The summed E-state index contributed by atoms with van der Waals surface area (Å²) in [7, 11) is 0. The summed E-state index contributed by atoms with van der Waals surface area (Å²) in [6.07, 6.45) is 1.89. The summed E-state index contributed by atoms with van der Waals surface area (Å²) >= 11 is 0. The Morgan fingerprint density at radius 2 is 1.96 bits per heavy atom. The molecule has 0 bridgehead atoms. The maximum Gasteiger partial charge on any atom is 0.337 e. The summed E-state index contributed by atoms with van der Waals surface area (Å²) in [5.41, 5.74) is 2.88. The van der Waals surface area contributed by atoms with Crippen LogP contribution in [0.25, 0.3) is 11.3 Å². The first kappa shape index (κ1) is 14.7. The zero-order valence-corrected chi connectivity index (χ0v) is 13.4. The fraction of sp³-hybridized carbons (Fsp3) is 0.278. The molecule has 0 spiro atoms. The Balaban J connectivity index is 1.86. The highest BCUT2D eigenvalue weighted by molar-refractivity contribution is 5.99. The Morgan fingerprint density at radius 3 is 2.71 bits per heavy atom. The molecule has 0 saturated heterocycles. The molecule has 2 aliphatic rings. The molecule has 1 aromatic heterocycles. The quantitative estimate of drug-likeness (QED) is 0.830. The second-order valence-corrected chi connectivity index (χ2v) is 6.56. The van der Waals surface area contributed by atoms with E-state index >= 15 is 0 Å². The fourth-order valence-corrected chi connectivity index (χ4v) is 3.44. The highest BCUT2D eigenvalue weighted by atomic mass is 16.6. The highest BCUT2D eigenvalue weighted by Crippen LogP contribution is 2.44. The zero-order valence-electron chi connectivity index (χ0n) is 13.4. The fourth-order valence-electron chi connectivity index (χ4n) is 3.44. The molecule has 1 amide bonds. The van der Waals surface area contributed by atoms with E-state index in [-0.39, 0.29) is 24.2 Å². The summed E-state index contributed by atoms with van der Waals surface area (Å²) in [5, 5.41) is 9.95. The number of aromatic amines is 1. The van der Waals surface area contributed by atoms with Gasteiger partial charge in [-0.1, -0.05) is 30.3 Å². The predicted octanol–water partition coefficient (Wildman–Crippen LogP) is 2.27. The minimum atomic E-state index is -0.822. The van der Waals surface area contributed by atoms with Crippen LogP contribution in [0.1, 0.15) is 31.7 Å². The molecule has 6 nitrogen and oxygen atoms in total. The molecule has 1 aromatic carbocycles. The summed E-state index contributed by atoms with van der Waals surface area (Å²) in [6.45, 7) is 3.56. The SMILES string of the molecule is CC1(C)OC(=O)C2=C1NC(=O)C[C@H]2c1cn[nH]c1-c1ccccc1. The number of esters is 1. The van der Waals surface area contributed by atoms with E-state index in [1.54, 1.807) is 20.0 Å². The number of benzene rings is 1. The Kier molecular flexibility index (Phi) is 3.09. The Labute approximate surface area is 138 Å². The third-order valence-corrected chi connectivity index (χ3v) is 4.55. The van der Waals surface area contributed by atoms with E-state index in [2.05, 4.69) is 15.5 Å². The van der Waals surface area contributed by atoms with E-state index in [4.69, 9.17) is 4.74 Å². The molecular weight excluding hydrogens is 306 g/mol. The first-order valence-corrected chi connectivity index (χ1v) is 7.84. The van der Waals surface area contributed by atoms with Gasteiger partial charge in [0.1, 0.15) is 5.60 Å². The summed E-state index contributed by atoms with van der Waals surface area (Å²) in [5.74, 6) is -0.859. The number of rotatable bonds is 2. The molecule has 0 fully saturated rings. The van der Waals surface area contributed by atoms with Gasteiger partial charge in [0.15, 0.2) is 0 Å². The zero-order chi connectivity index (χ0) is 16.9. The van der Waals surface area contributed by atoms with Gasteiger partial charge in [0.25, 0.3) is 0 Å². The highest BCUT2D eigenvalue weighted by Gasteiger charge is 2.48. The largest absolute Gasteiger partial charge is 0.450 e. The van der Waals surface area contributed by atoms with Crippen LogP contribution in [0, 0.1) is 0 Å². The Morgan fingerprint density at radius 1 is 1.21 bits per heavy atom. The number of cyclic esters (lactones) is 1. The molecule has 0 saturated carbocycles. The first-order chi connectivity index (χ1) is 11.5. The van der Waals surface area contributed by atoms with Gasteiger partial charge in [0.05, 0.1) is 23.2 Å². The topological polar surface area (TPSA) is 84.1 Å². The molecule has 4 rings (SSSR count). The molecule has 3 heterocycles. The molecule has 2 aromatic rings. The number of H-pyrrole nitrogens is 1. The number of ether oxygens (including phenoxy) is 1. The van der Waals surface area contributed by atoms with Crippen LogP contribution in [-0.4, -0.2) is 27.7 Å². The molecular formula is C18H17N3O3. The molecule has 6 heteroatoms. The molecule has 0 aliphatic carbocycles. The third kappa shape index (κ3) is 2.14. The van der Waals surface area contributed by atoms with Crippen molar-refractivity contribution < 1.29 is 14.3 Å². The second-order valence-electron chi connectivity index (χ2n) is 6.56. The van der Waals surface area contributed by atoms with Crippen molar-refractivity contribution in [2.24, 2.45) is 0 Å². The minimum Gasteiger partial charge on any atom is -0.450 e. The van der Waals surface area contributed by atoms with Gasteiger partial charge >= 0.3 is 5.97 Å². The van der Waals surface area contributed by atoms with Gasteiger partial charge in [-0.2, -0.15) is 5.10 Å². The maximum absolute atomic E-state index is 12.4. The smallest absolute Gasteiger partial charge is 0.337 e. The predicted molar refractivity (Wildman–Crippen MR) is 86.7 cm³/mol. The van der Waals surface area contributed by atoms with Crippen molar-refractivity contribution in [2.75, 3.05) is 0 Å². The van der Waals surface area contributed by atoms with Crippen LogP contribution >= 0.6 is 0 Å². The maximum atomic E-state index is 12.4. The lowest BCUT2D eigenvalue weighted by Gasteiger charge is -2.26. The standard InChI is InChI=1S/C18H17N3O3/c1-18(2)16-14(17(23)24-18)11(8-13(22)20-16)12-9-19-21-15(12)10-6-4-3-5-7-10/h3-7,9,11H,8H2,1-2H3,(H,19,21)(H,20,22)/t11-/m0/s1. The molecule has 2 N–H and O–H groups in total. The van der Waals surface area contributed by atoms with E-state index in [1.165, 1.54) is 0 Å². The molecule has 2 aliphatic heterocycles. The average Bonchev–Trinajstić information content (AvgIpc) is 3.11. The summed E-state index contributed by atoms with van der Waals surface area (Å²) in [6, 6.07) is 9.74. The number of aromatic nitrogens is 2. The van der Waals surface area contributed by atoms with Gasteiger partial charge in [0, 0.05) is 17.9 Å². The first-order valence-electron chi connectivity index (χ1n) is 7.84. The lowest BCUT2D eigenvalue weighted by atomic mass is 9.82. The molecule has 1 atom stereocenters. The number of hydrogen-bond donors (Lipinski definition) is 2. The van der Waals surface area contributed by atoms with E-state index in [0.29, 0.717) is 11.3 Å². The van der Waals surface area contributed by atoms with Crippen molar-refractivity contribution >= 4 is 11.9 Å². The van der Waals surface area contributed by atoms with Crippen LogP contribution in [0.15, 0.2) is 47.8 Å². The van der Waals surface area contributed by atoms with Crippen molar-refractivity contribution in [3.8, 4) is 11.3 Å². The van der Waals surface area contributed by atoms with Crippen molar-refractivity contribution in [3.05, 3.63) is 53.4 Å². The van der Waals surface area contributed by atoms with E-state index < -0.39 is 5.60 Å². The molecule has 24 heavy (non-hydrogen) atoms. The Bertz CT molecular complexity index is 865. The van der Waals surface area contributed by atoms with E-state index in [1.807, 2.05) is 30.3 Å². The van der Waals surface area contributed by atoms with Crippen molar-refractivity contribution in [1.82, 2.24) is 15.5 Å². The lowest BCUT2D eigenvalue weighted by Crippen LogP contribution is -2.38. The van der Waals surface area contributed by atoms with Crippen molar-refractivity contribution in [3.63, 3.8) is 0 Å². The number of carbonyl (C=O) groups excluding carboxylic acids is 2. The number of hydrogen-bond acceptors (Lipinski definition) is 4. The third-order valence-electron chi connectivity index (χ3n) is 4.55.